The van der Waals surface area contributed by atoms with Gasteiger partial charge in [-0.3, -0.25) is 9.69 Å². The summed E-state index contributed by atoms with van der Waals surface area (Å²) in [6.45, 7) is 7.65. The predicted molar refractivity (Wildman–Crippen MR) is 124 cm³/mol. The zero-order valence-electron chi connectivity index (χ0n) is 17.8. The number of carbonyl (C=O) groups is 1. The first kappa shape index (κ1) is 21.3. The first-order valence-electron chi connectivity index (χ1n) is 10.4. The Bertz CT molecular complexity index is 1020. The van der Waals surface area contributed by atoms with Crippen LogP contribution in [0.3, 0.4) is 0 Å². The number of para-hydroxylation sites is 1. The molecule has 6 nitrogen and oxygen atoms in total. The Kier molecular flexibility index (Phi) is 6.84. The van der Waals surface area contributed by atoms with Crippen molar-refractivity contribution in [1.82, 2.24) is 14.8 Å². The van der Waals surface area contributed by atoms with Gasteiger partial charge in [-0.15, -0.1) is 17.9 Å². The summed E-state index contributed by atoms with van der Waals surface area (Å²) in [5.74, 6) is 1.21. The molecule has 0 unspecified atom stereocenters. The van der Waals surface area contributed by atoms with Crippen LogP contribution in [0.2, 0.25) is 0 Å². The van der Waals surface area contributed by atoms with Crippen molar-refractivity contribution in [3.8, 4) is 11.5 Å². The van der Waals surface area contributed by atoms with Gasteiger partial charge in [-0.05, 0) is 36.2 Å². The van der Waals surface area contributed by atoms with Crippen molar-refractivity contribution in [2.75, 3.05) is 39.9 Å². The van der Waals surface area contributed by atoms with Gasteiger partial charge in [0.1, 0.15) is 5.01 Å². The number of piperazine rings is 1. The largest absolute Gasteiger partial charge is 0.493 e. The van der Waals surface area contributed by atoms with Crippen LogP contribution in [0.1, 0.15) is 10.6 Å². The number of methoxy groups -OCH3 is 1. The lowest BCUT2D eigenvalue weighted by Crippen LogP contribution is -2.49. The average molecular weight is 438 g/mol. The molecule has 4 rings (SSSR count). The average Bonchev–Trinajstić information content (AvgIpc) is 3.21. The van der Waals surface area contributed by atoms with Gasteiger partial charge in [0.2, 0.25) is 0 Å². The smallest absolute Gasteiger partial charge is 0.260 e. The summed E-state index contributed by atoms with van der Waals surface area (Å²) in [7, 11) is 1.60. The normalized spacial score (nSPS) is 14.5. The van der Waals surface area contributed by atoms with E-state index in [4.69, 9.17) is 14.5 Å². The Balaban J connectivity index is 1.27. The first-order valence-corrected chi connectivity index (χ1v) is 11.2. The zero-order valence-corrected chi connectivity index (χ0v) is 18.6. The van der Waals surface area contributed by atoms with Crippen LogP contribution in [-0.4, -0.2) is 60.6 Å². The van der Waals surface area contributed by atoms with E-state index >= 15 is 0 Å². The maximum Gasteiger partial charge on any atom is 0.260 e. The van der Waals surface area contributed by atoms with E-state index in [1.165, 1.54) is 4.70 Å². The Morgan fingerprint density at radius 3 is 2.71 bits per heavy atom. The quantitative estimate of drug-likeness (QED) is 0.503. The van der Waals surface area contributed by atoms with Gasteiger partial charge in [-0.25, -0.2) is 4.98 Å². The Morgan fingerprint density at radius 2 is 1.97 bits per heavy atom. The number of nitrogens with zero attached hydrogens (tertiary/aromatic N) is 3. The molecule has 0 radical (unpaired) electrons. The second-order valence-electron chi connectivity index (χ2n) is 7.50. The van der Waals surface area contributed by atoms with Crippen LogP contribution in [0.5, 0.6) is 11.5 Å². The summed E-state index contributed by atoms with van der Waals surface area (Å²) in [5.41, 5.74) is 2.15. The molecule has 3 aromatic rings. The van der Waals surface area contributed by atoms with E-state index < -0.39 is 0 Å². The van der Waals surface area contributed by atoms with Gasteiger partial charge in [-0.1, -0.05) is 24.3 Å². The molecule has 1 aliphatic rings. The third kappa shape index (κ3) is 5.24. The topological polar surface area (TPSA) is 54.9 Å². The van der Waals surface area contributed by atoms with Crippen LogP contribution in [0.4, 0.5) is 0 Å². The van der Waals surface area contributed by atoms with Crippen LogP contribution in [0, 0.1) is 0 Å². The highest BCUT2D eigenvalue weighted by atomic mass is 32.1. The van der Waals surface area contributed by atoms with Gasteiger partial charge >= 0.3 is 0 Å². The predicted octanol–water partition coefficient (Wildman–Crippen LogP) is 3.76. The maximum atomic E-state index is 12.6. The molecule has 1 amide bonds. The molecule has 0 saturated carbocycles. The van der Waals surface area contributed by atoms with Gasteiger partial charge in [0, 0.05) is 26.2 Å². The molecule has 1 fully saturated rings. The summed E-state index contributed by atoms with van der Waals surface area (Å²) in [6, 6.07) is 13.9. The SMILES string of the molecule is C=CCc1ccc(OCC(=O)N2CCN(Cc3nc4ccccc4s3)CC2)c(OC)c1. The van der Waals surface area contributed by atoms with Crippen molar-refractivity contribution in [3.63, 3.8) is 0 Å². The van der Waals surface area contributed by atoms with Crippen molar-refractivity contribution < 1.29 is 14.3 Å². The second kappa shape index (κ2) is 9.94. The number of amides is 1. The third-order valence-electron chi connectivity index (χ3n) is 5.38. The summed E-state index contributed by atoms with van der Waals surface area (Å²) < 4.78 is 12.4. The number of hydrogen-bond donors (Lipinski definition) is 0. The molecule has 1 saturated heterocycles. The van der Waals surface area contributed by atoms with E-state index in [9.17, 15) is 4.79 Å². The Labute approximate surface area is 186 Å². The minimum atomic E-state index is -0.00291. The number of fused-ring (bicyclic) bond motifs is 1. The summed E-state index contributed by atoms with van der Waals surface area (Å²) in [5, 5.41) is 1.12. The van der Waals surface area contributed by atoms with Crippen molar-refractivity contribution in [3.05, 3.63) is 65.7 Å². The molecule has 2 aromatic carbocycles. The molecule has 0 N–H and O–H groups in total. The molecular formula is C24H27N3O3S. The van der Waals surface area contributed by atoms with Gasteiger partial charge in [0.15, 0.2) is 18.1 Å². The molecular weight excluding hydrogens is 410 g/mol. The van der Waals surface area contributed by atoms with Crippen LogP contribution >= 0.6 is 11.3 Å². The molecule has 0 atom stereocenters. The number of hydrogen-bond acceptors (Lipinski definition) is 6. The Hall–Kier alpha value is -2.90. The van der Waals surface area contributed by atoms with Gasteiger partial charge in [0.05, 0.1) is 23.9 Å². The lowest BCUT2D eigenvalue weighted by molar-refractivity contribution is -0.135. The van der Waals surface area contributed by atoms with E-state index in [2.05, 4.69) is 17.5 Å². The fourth-order valence-electron chi connectivity index (χ4n) is 3.69. The lowest BCUT2D eigenvalue weighted by Gasteiger charge is -2.34. The van der Waals surface area contributed by atoms with E-state index in [-0.39, 0.29) is 12.5 Å². The highest BCUT2D eigenvalue weighted by Gasteiger charge is 2.22. The van der Waals surface area contributed by atoms with Crippen molar-refractivity contribution in [2.24, 2.45) is 0 Å². The van der Waals surface area contributed by atoms with Crippen molar-refractivity contribution in [1.29, 1.82) is 0 Å². The summed E-state index contributed by atoms with van der Waals surface area (Å²) in [4.78, 5) is 21.6. The van der Waals surface area contributed by atoms with Crippen LogP contribution in [-0.2, 0) is 17.8 Å². The van der Waals surface area contributed by atoms with E-state index in [0.717, 1.165) is 42.1 Å². The van der Waals surface area contributed by atoms with Gasteiger partial charge in [0.25, 0.3) is 5.91 Å². The van der Waals surface area contributed by atoms with Gasteiger partial charge in [-0.2, -0.15) is 0 Å². The fourth-order valence-corrected chi connectivity index (χ4v) is 4.70. The van der Waals surface area contributed by atoms with Crippen molar-refractivity contribution in [2.45, 2.75) is 13.0 Å². The van der Waals surface area contributed by atoms with Crippen molar-refractivity contribution >= 4 is 27.5 Å². The van der Waals surface area contributed by atoms with E-state index in [1.54, 1.807) is 18.4 Å². The Morgan fingerprint density at radius 1 is 1.16 bits per heavy atom. The minimum Gasteiger partial charge on any atom is -0.493 e. The molecule has 0 aliphatic carbocycles. The third-order valence-corrected chi connectivity index (χ3v) is 6.40. The first-order chi connectivity index (χ1) is 15.2. The molecule has 0 bridgehead atoms. The molecule has 162 valence electrons. The number of thiazole rings is 1. The summed E-state index contributed by atoms with van der Waals surface area (Å²) in [6.07, 6.45) is 2.60. The number of carbonyl (C=O) groups excluding carboxylic acids is 1. The fraction of sp³-hybridized carbons (Fsp3) is 0.333. The highest BCUT2D eigenvalue weighted by molar-refractivity contribution is 7.18. The van der Waals surface area contributed by atoms with E-state index in [1.807, 2.05) is 47.4 Å². The molecule has 7 heteroatoms. The lowest BCUT2D eigenvalue weighted by atomic mass is 10.1. The van der Waals surface area contributed by atoms with Crippen LogP contribution in [0.25, 0.3) is 10.2 Å². The van der Waals surface area contributed by atoms with E-state index in [0.29, 0.717) is 24.6 Å². The van der Waals surface area contributed by atoms with Crippen LogP contribution < -0.4 is 9.47 Å². The number of rotatable bonds is 8. The summed E-state index contributed by atoms with van der Waals surface area (Å²) >= 11 is 1.74. The highest BCUT2D eigenvalue weighted by Crippen LogP contribution is 2.28. The standard InChI is InChI=1S/C24H27N3O3S/c1-3-6-18-9-10-20(21(15-18)29-2)30-17-24(28)27-13-11-26(12-14-27)16-23-25-19-7-4-5-8-22(19)31-23/h3-5,7-10,15H,1,6,11-14,16-17H2,2H3. The number of benzene rings is 2. The maximum absolute atomic E-state index is 12.6. The molecule has 31 heavy (non-hydrogen) atoms. The molecule has 1 aromatic heterocycles. The zero-order chi connectivity index (χ0) is 21.6. The number of allylic oxidation sites excluding steroid dienone is 1. The van der Waals surface area contributed by atoms with Gasteiger partial charge < -0.3 is 14.4 Å². The molecule has 0 spiro atoms. The second-order valence-corrected chi connectivity index (χ2v) is 8.61. The monoisotopic (exact) mass is 437 g/mol. The minimum absolute atomic E-state index is 0.00291. The number of aromatic nitrogens is 1. The van der Waals surface area contributed by atoms with Crippen LogP contribution in [0.15, 0.2) is 55.1 Å². The molecule has 2 heterocycles. The number of ether oxygens (including phenoxy) is 2. The molecule has 1 aliphatic heterocycles.